The van der Waals surface area contributed by atoms with Crippen molar-refractivity contribution < 1.29 is 14.3 Å². The van der Waals surface area contributed by atoms with E-state index in [2.05, 4.69) is 5.32 Å². The van der Waals surface area contributed by atoms with Crippen molar-refractivity contribution in [2.75, 3.05) is 37.7 Å². The monoisotopic (exact) mass is 393 g/mol. The highest BCUT2D eigenvalue weighted by atomic mass is 35.5. The zero-order chi connectivity index (χ0) is 17.2. The first-order valence-corrected chi connectivity index (χ1v) is 10.3. The summed E-state index contributed by atoms with van der Waals surface area (Å²) in [4.78, 5) is 26.1. The van der Waals surface area contributed by atoms with Crippen molar-refractivity contribution in [3.63, 3.8) is 0 Å². The number of amides is 2. The second-order valence-corrected chi connectivity index (χ2v) is 7.61. The molecule has 2 rings (SSSR count). The molecule has 0 aromatic heterocycles. The van der Waals surface area contributed by atoms with E-state index in [1.807, 2.05) is 4.90 Å². The van der Waals surface area contributed by atoms with Crippen LogP contribution < -0.4 is 11.1 Å². The van der Waals surface area contributed by atoms with Crippen LogP contribution in [0.25, 0.3) is 0 Å². The number of hydrogen-bond acceptors (Lipinski definition) is 5. The molecule has 2 aliphatic heterocycles. The van der Waals surface area contributed by atoms with Crippen LogP contribution in [0.5, 0.6) is 0 Å². The van der Waals surface area contributed by atoms with Gasteiger partial charge in [0.2, 0.25) is 11.8 Å². The van der Waals surface area contributed by atoms with Gasteiger partial charge in [-0.3, -0.25) is 9.59 Å². The van der Waals surface area contributed by atoms with Crippen LogP contribution in [0.1, 0.15) is 44.9 Å². The van der Waals surface area contributed by atoms with Crippen molar-refractivity contribution in [3.05, 3.63) is 0 Å². The van der Waals surface area contributed by atoms with Crippen molar-refractivity contribution in [1.29, 1.82) is 0 Å². The standard InChI is InChI=1S/C17H31N3O3S.ClH/c18-8-7-16(21)19-11-14-5-1-3-9-20(14)17(22)13-24-12-15-6-2-4-10-23-15;/h14-15H,1-13,18H2,(H,19,21);1H. The SMILES string of the molecule is Cl.NCCC(=O)NCC1CCCCN1C(=O)CSCC1CCCCO1. The topological polar surface area (TPSA) is 84.7 Å². The summed E-state index contributed by atoms with van der Waals surface area (Å²) in [6, 6.07) is 0.125. The second-order valence-electron chi connectivity index (χ2n) is 6.58. The smallest absolute Gasteiger partial charge is 0.232 e. The van der Waals surface area contributed by atoms with E-state index in [1.165, 1.54) is 6.42 Å². The number of rotatable bonds is 8. The molecule has 2 aliphatic rings. The van der Waals surface area contributed by atoms with Crippen molar-refractivity contribution in [2.24, 2.45) is 5.73 Å². The molecule has 6 nitrogen and oxygen atoms in total. The van der Waals surface area contributed by atoms with Crippen LogP contribution >= 0.6 is 24.2 Å². The van der Waals surface area contributed by atoms with Crippen LogP contribution in [-0.2, 0) is 14.3 Å². The van der Waals surface area contributed by atoms with Crippen LogP contribution in [0.3, 0.4) is 0 Å². The third-order valence-electron chi connectivity index (χ3n) is 4.66. The van der Waals surface area contributed by atoms with E-state index < -0.39 is 0 Å². The number of nitrogens with two attached hydrogens (primary N) is 1. The number of halogens is 1. The van der Waals surface area contributed by atoms with Crippen molar-refractivity contribution in [1.82, 2.24) is 10.2 Å². The largest absolute Gasteiger partial charge is 0.377 e. The predicted octanol–water partition coefficient (Wildman–Crippen LogP) is 1.56. The summed E-state index contributed by atoms with van der Waals surface area (Å²) in [7, 11) is 0. The van der Waals surface area contributed by atoms with E-state index in [-0.39, 0.29) is 30.3 Å². The number of piperidine rings is 1. The molecule has 2 heterocycles. The summed E-state index contributed by atoms with van der Waals surface area (Å²) in [5.74, 6) is 1.57. The zero-order valence-electron chi connectivity index (χ0n) is 14.9. The fourth-order valence-electron chi connectivity index (χ4n) is 3.29. The van der Waals surface area contributed by atoms with Crippen molar-refractivity contribution in [3.8, 4) is 0 Å². The van der Waals surface area contributed by atoms with Crippen LogP contribution in [-0.4, -0.2) is 66.6 Å². The van der Waals surface area contributed by atoms with Crippen molar-refractivity contribution in [2.45, 2.75) is 57.1 Å². The summed E-state index contributed by atoms with van der Waals surface area (Å²) < 4.78 is 5.71. The molecule has 0 aromatic rings. The van der Waals surface area contributed by atoms with Gasteiger partial charge in [-0.1, -0.05) is 0 Å². The molecule has 2 atom stereocenters. The number of ether oxygens (including phenoxy) is 1. The lowest BCUT2D eigenvalue weighted by atomic mass is 10.0. The van der Waals surface area contributed by atoms with E-state index in [0.717, 1.165) is 51.0 Å². The molecule has 2 unspecified atom stereocenters. The first kappa shape index (κ1) is 22.5. The van der Waals surface area contributed by atoms with E-state index >= 15 is 0 Å². The molecule has 0 aliphatic carbocycles. The van der Waals surface area contributed by atoms with Crippen LogP contribution in [0.4, 0.5) is 0 Å². The molecule has 0 radical (unpaired) electrons. The Morgan fingerprint density at radius 2 is 2.00 bits per heavy atom. The average molecular weight is 394 g/mol. The molecule has 0 spiro atoms. The Labute approximate surface area is 161 Å². The predicted molar refractivity (Wildman–Crippen MR) is 104 cm³/mol. The van der Waals surface area contributed by atoms with Crippen LogP contribution in [0.2, 0.25) is 0 Å². The minimum Gasteiger partial charge on any atom is -0.377 e. The Hall–Kier alpha value is -0.500. The summed E-state index contributed by atoms with van der Waals surface area (Å²) in [5.41, 5.74) is 5.39. The number of nitrogens with zero attached hydrogens (tertiary/aromatic N) is 1. The van der Waals surface area contributed by atoms with Gasteiger partial charge >= 0.3 is 0 Å². The Morgan fingerprint density at radius 3 is 2.72 bits per heavy atom. The van der Waals surface area contributed by atoms with E-state index in [1.54, 1.807) is 11.8 Å². The quantitative estimate of drug-likeness (QED) is 0.653. The highest BCUT2D eigenvalue weighted by Gasteiger charge is 2.27. The molecule has 2 fully saturated rings. The normalized spacial score (nSPS) is 23.6. The molecule has 25 heavy (non-hydrogen) atoms. The third-order valence-corrected chi connectivity index (χ3v) is 5.72. The highest BCUT2D eigenvalue weighted by Crippen LogP contribution is 2.20. The summed E-state index contributed by atoms with van der Waals surface area (Å²) in [6.45, 7) is 2.56. The van der Waals surface area contributed by atoms with Crippen molar-refractivity contribution >= 4 is 36.0 Å². The molecule has 0 saturated carbocycles. The fourth-order valence-corrected chi connectivity index (χ4v) is 4.28. The Morgan fingerprint density at radius 1 is 1.20 bits per heavy atom. The van der Waals surface area contributed by atoms with Gasteiger partial charge < -0.3 is 20.7 Å². The van der Waals surface area contributed by atoms with Crippen LogP contribution in [0, 0.1) is 0 Å². The molecule has 8 heteroatoms. The van der Waals surface area contributed by atoms with Gasteiger partial charge in [0.15, 0.2) is 0 Å². The Balaban J connectivity index is 0.00000312. The molecule has 0 bridgehead atoms. The van der Waals surface area contributed by atoms with Gasteiger partial charge in [0.25, 0.3) is 0 Å². The molecule has 2 saturated heterocycles. The summed E-state index contributed by atoms with van der Waals surface area (Å²) in [6.07, 6.45) is 7.29. The molecule has 2 amide bonds. The van der Waals surface area contributed by atoms with Gasteiger partial charge in [0, 0.05) is 44.5 Å². The summed E-state index contributed by atoms with van der Waals surface area (Å²) >= 11 is 1.68. The minimum atomic E-state index is -0.0284. The van der Waals surface area contributed by atoms with Gasteiger partial charge in [-0.15, -0.1) is 24.2 Å². The lowest BCUT2D eigenvalue weighted by Gasteiger charge is -2.36. The molecule has 146 valence electrons. The van der Waals surface area contributed by atoms with E-state index in [0.29, 0.717) is 31.4 Å². The van der Waals surface area contributed by atoms with Gasteiger partial charge in [0.05, 0.1) is 11.9 Å². The van der Waals surface area contributed by atoms with Gasteiger partial charge in [-0.2, -0.15) is 0 Å². The molecule has 3 N–H and O–H groups in total. The first-order valence-electron chi connectivity index (χ1n) is 9.16. The number of thioether (sulfide) groups is 1. The fraction of sp³-hybridized carbons (Fsp3) is 0.882. The lowest BCUT2D eigenvalue weighted by Crippen LogP contribution is -2.50. The number of likely N-dealkylation sites (tertiary alicyclic amines) is 1. The molecule has 0 aromatic carbocycles. The minimum absolute atomic E-state index is 0. The Kier molecular flexibility index (Phi) is 11.5. The number of carbonyl (C=O) groups excluding carboxylic acids is 2. The van der Waals surface area contributed by atoms with Gasteiger partial charge in [-0.25, -0.2) is 0 Å². The molecular formula is C17H32ClN3O3S. The maximum atomic E-state index is 12.6. The maximum absolute atomic E-state index is 12.6. The molecular weight excluding hydrogens is 362 g/mol. The number of nitrogens with one attached hydrogen (secondary N) is 1. The lowest BCUT2D eigenvalue weighted by molar-refractivity contribution is -0.132. The van der Waals surface area contributed by atoms with Gasteiger partial charge in [0.1, 0.15) is 0 Å². The van der Waals surface area contributed by atoms with E-state index in [4.69, 9.17) is 10.5 Å². The Bertz CT molecular complexity index is 409. The number of carbonyl (C=O) groups is 2. The third kappa shape index (κ3) is 8.15. The zero-order valence-corrected chi connectivity index (χ0v) is 16.5. The number of hydrogen-bond donors (Lipinski definition) is 2. The maximum Gasteiger partial charge on any atom is 0.232 e. The summed E-state index contributed by atoms with van der Waals surface area (Å²) in [5, 5.41) is 2.91. The van der Waals surface area contributed by atoms with Crippen LogP contribution in [0.15, 0.2) is 0 Å². The second kappa shape index (κ2) is 12.8. The first-order chi connectivity index (χ1) is 11.7. The van der Waals surface area contributed by atoms with Gasteiger partial charge in [-0.05, 0) is 38.5 Å². The van der Waals surface area contributed by atoms with E-state index in [9.17, 15) is 9.59 Å². The highest BCUT2D eigenvalue weighted by molar-refractivity contribution is 7.99. The average Bonchev–Trinajstić information content (AvgIpc) is 2.61.